The van der Waals surface area contributed by atoms with E-state index in [1.54, 1.807) is 8.80 Å². The van der Waals surface area contributed by atoms with Crippen molar-refractivity contribution in [2.75, 3.05) is 0 Å². The summed E-state index contributed by atoms with van der Waals surface area (Å²) in [5, 5.41) is 6.80. The molecule has 0 fully saturated rings. The normalized spacial score (nSPS) is 12.4. The van der Waals surface area contributed by atoms with E-state index in [1.165, 1.54) is 20.7 Å². The summed E-state index contributed by atoms with van der Waals surface area (Å²) in [4.78, 5) is 39.5. The van der Waals surface area contributed by atoms with Crippen molar-refractivity contribution in [1.82, 2.24) is 18.8 Å². The second-order valence-corrected chi connectivity index (χ2v) is 41.9. The average Bonchev–Trinajstić information content (AvgIpc) is 3.41. The van der Waals surface area contributed by atoms with Crippen LogP contribution in [0.1, 0.15) is 0 Å². The van der Waals surface area contributed by atoms with Gasteiger partial charge in [-0.2, -0.15) is 0 Å². The van der Waals surface area contributed by atoms with Crippen molar-refractivity contribution in [3.8, 4) is 66.8 Å². The van der Waals surface area contributed by atoms with Crippen LogP contribution in [0.4, 0.5) is 0 Å². The minimum atomic E-state index is -1.81. The Morgan fingerprint density at radius 1 is 0.373 bits per heavy atom. The van der Waals surface area contributed by atoms with Crippen LogP contribution in [-0.2, 0) is 0 Å². The molecule has 0 radical (unpaired) electrons. The fourth-order valence-corrected chi connectivity index (χ4v) is 15.5. The molecule has 0 unspecified atom stereocenters. The van der Waals surface area contributed by atoms with Crippen LogP contribution in [0, 0.1) is 0 Å². The zero-order valence-electron chi connectivity index (χ0n) is 45.0. The molecular formula is C65H64N4O2Si4. The van der Waals surface area contributed by atoms with Crippen LogP contribution in [0.15, 0.2) is 192 Å². The van der Waals surface area contributed by atoms with E-state index < -0.39 is 33.0 Å². The first-order valence-electron chi connectivity index (χ1n) is 26.2. The Morgan fingerprint density at radius 2 is 0.760 bits per heavy atom. The molecule has 11 aromatic rings. The van der Waals surface area contributed by atoms with Crippen LogP contribution < -0.4 is 31.9 Å². The van der Waals surface area contributed by atoms with E-state index in [1.807, 2.05) is 60.9 Å². The number of aromatic nitrogens is 4. The van der Waals surface area contributed by atoms with Gasteiger partial charge in [-0.3, -0.25) is 18.4 Å². The van der Waals surface area contributed by atoms with Crippen LogP contribution in [-0.4, -0.2) is 51.8 Å². The highest BCUT2D eigenvalue weighted by molar-refractivity contribution is 6.91. The Morgan fingerprint density at radius 3 is 1.19 bits per heavy atom. The number of hydrogen-bond donors (Lipinski definition) is 0. The highest BCUT2D eigenvalue weighted by Gasteiger charge is 2.28. The Labute approximate surface area is 444 Å². The monoisotopic (exact) mass is 1040 g/mol. The fourth-order valence-electron chi connectivity index (χ4n) is 10.6. The van der Waals surface area contributed by atoms with Gasteiger partial charge in [-0.05, 0) is 98.1 Å². The van der Waals surface area contributed by atoms with Crippen molar-refractivity contribution in [3.63, 3.8) is 0 Å². The molecule has 10 heteroatoms. The molecule has 0 aliphatic rings. The van der Waals surface area contributed by atoms with Crippen molar-refractivity contribution in [3.05, 3.63) is 203 Å². The third kappa shape index (κ3) is 9.13. The number of para-hydroxylation sites is 2. The second kappa shape index (κ2) is 18.8. The highest BCUT2D eigenvalue weighted by Crippen LogP contribution is 2.43. The van der Waals surface area contributed by atoms with Gasteiger partial charge in [0, 0.05) is 23.5 Å². The maximum absolute atomic E-state index is 14.4. The van der Waals surface area contributed by atoms with Crippen LogP contribution in [0.25, 0.3) is 99.9 Å². The molecule has 75 heavy (non-hydrogen) atoms. The summed E-state index contributed by atoms with van der Waals surface area (Å²) in [7, 11) is -6.65. The smallest absolute Gasteiger partial charge is 0.265 e. The number of fused-ring (bicyclic) bond motifs is 4. The molecule has 6 nitrogen and oxygen atoms in total. The zero-order valence-corrected chi connectivity index (χ0v) is 49.2. The van der Waals surface area contributed by atoms with Crippen molar-refractivity contribution < 1.29 is 0 Å². The van der Waals surface area contributed by atoms with E-state index in [4.69, 9.17) is 9.97 Å². The first-order valence-corrected chi connectivity index (χ1v) is 39.6. The molecular weight excluding hydrogens is 981 g/mol. The van der Waals surface area contributed by atoms with Gasteiger partial charge >= 0.3 is 0 Å². The lowest BCUT2D eigenvalue weighted by atomic mass is 9.87. The van der Waals surface area contributed by atoms with E-state index in [2.05, 4.69) is 193 Å². The first-order chi connectivity index (χ1) is 35.7. The van der Waals surface area contributed by atoms with Gasteiger partial charge in [0.25, 0.3) is 11.1 Å². The molecule has 4 aromatic heterocycles. The minimum Gasteiger partial charge on any atom is -0.268 e. The van der Waals surface area contributed by atoms with E-state index in [-0.39, 0.29) is 11.1 Å². The summed E-state index contributed by atoms with van der Waals surface area (Å²) < 4.78 is 3.50. The average molecular weight is 1050 g/mol. The van der Waals surface area contributed by atoms with Crippen LogP contribution in [0.3, 0.4) is 0 Å². The van der Waals surface area contributed by atoms with E-state index in [0.29, 0.717) is 33.1 Å². The molecule has 0 saturated carbocycles. The number of rotatable bonds is 10. The predicted molar refractivity (Wildman–Crippen MR) is 332 cm³/mol. The third-order valence-electron chi connectivity index (χ3n) is 15.0. The van der Waals surface area contributed by atoms with E-state index in [0.717, 1.165) is 66.8 Å². The Balaban J connectivity index is 1.14. The standard InChI is InChI=1S/C65H64N4O2Si4/c1-72(2)46-36-44(37-47(40-46)73(3,4)5)60-54(31-33-68-62(60)66-58-29-18-16-27-56(58)64(68)70)52-25-14-12-23-50(52)42-21-20-22-43(35-42)51-24-13-15-26-53(51)55-32-34-69-63(67-59-30-19-17-28-57(59)65(69)71)61(55)45-38-48(74(6,7)8)41-49(39-45)75(9,10)11/h12-41,72H,1-11H3. The van der Waals surface area contributed by atoms with Gasteiger partial charge in [-0.15, -0.1) is 0 Å². The van der Waals surface area contributed by atoms with Gasteiger partial charge < -0.3 is 0 Å². The van der Waals surface area contributed by atoms with E-state index in [9.17, 15) is 9.59 Å². The Hall–Kier alpha value is -7.35. The Bertz CT molecular complexity index is 4200. The van der Waals surface area contributed by atoms with Crippen LogP contribution >= 0.6 is 0 Å². The van der Waals surface area contributed by atoms with Gasteiger partial charge in [0.15, 0.2) is 0 Å². The van der Waals surface area contributed by atoms with Gasteiger partial charge in [0.05, 0.1) is 54.8 Å². The molecule has 0 saturated heterocycles. The maximum atomic E-state index is 14.4. The van der Waals surface area contributed by atoms with Crippen molar-refractivity contribution in [1.29, 1.82) is 0 Å². The molecule has 0 N–H and O–H groups in total. The molecule has 0 aliphatic carbocycles. The summed E-state index contributed by atoms with van der Waals surface area (Å²) in [5.74, 6) is 0. The van der Waals surface area contributed by atoms with E-state index >= 15 is 0 Å². The van der Waals surface area contributed by atoms with Crippen LogP contribution in [0.2, 0.25) is 72.0 Å². The third-order valence-corrected chi connectivity index (χ3v) is 22.8. The number of nitrogens with zero attached hydrogens (tertiary/aromatic N) is 4. The SMILES string of the molecule is C[SiH](C)c1cc(-c2c(-c3ccccc3-c3cccc(-c4ccccc4-c4ccn5c(=O)c6ccccc6nc5c4-c4cc([Si](C)(C)C)cc([Si](C)(C)C)c4)c3)ccn3c(=O)c4ccccc4nc23)cc([Si](C)(C)C)c1. The summed E-state index contributed by atoms with van der Waals surface area (Å²) in [5.41, 5.74) is 15.1. The first kappa shape index (κ1) is 49.8. The molecule has 0 aliphatic heterocycles. The van der Waals surface area contributed by atoms with Gasteiger partial charge in [0.1, 0.15) is 11.3 Å². The quantitative estimate of drug-likeness (QED) is 0.101. The minimum absolute atomic E-state index is 0.0751. The van der Waals surface area contributed by atoms with Gasteiger partial charge in [0.2, 0.25) is 0 Å². The summed E-state index contributed by atoms with van der Waals surface area (Å²) >= 11 is 0. The number of benzene rings is 7. The molecule has 0 atom stereocenters. The largest absolute Gasteiger partial charge is 0.268 e. The molecule has 372 valence electrons. The van der Waals surface area contributed by atoms with Crippen molar-refractivity contribution in [2.45, 2.75) is 72.0 Å². The zero-order chi connectivity index (χ0) is 52.7. The second-order valence-electron chi connectivity index (χ2n) is 23.7. The van der Waals surface area contributed by atoms with Gasteiger partial charge in [-0.25, -0.2) is 9.97 Å². The predicted octanol–water partition coefficient (Wildman–Crippen LogP) is 13.3. The highest BCUT2D eigenvalue weighted by atomic mass is 28.3. The van der Waals surface area contributed by atoms with Gasteiger partial charge in [-0.1, -0.05) is 220 Å². The molecule has 0 spiro atoms. The maximum Gasteiger partial charge on any atom is 0.265 e. The lowest BCUT2D eigenvalue weighted by Crippen LogP contribution is -2.45. The molecule has 11 rings (SSSR count). The number of pyridine rings is 2. The molecule has 7 aromatic carbocycles. The fraction of sp³-hybridized carbons (Fsp3) is 0.169. The van der Waals surface area contributed by atoms with Crippen LogP contribution in [0.5, 0.6) is 0 Å². The summed E-state index contributed by atoms with van der Waals surface area (Å²) in [6.07, 6.45) is 3.83. The molecule has 0 bridgehead atoms. The number of hydrogen-bond acceptors (Lipinski definition) is 4. The van der Waals surface area contributed by atoms with Crippen molar-refractivity contribution in [2.24, 2.45) is 0 Å². The molecule has 0 amide bonds. The lowest BCUT2D eigenvalue weighted by molar-refractivity contribution is 1.08. The lowest BCUT2D eigenvalue weighted by Gasteiger charge is -2.25. The van der Waals surface area contributed by atoms with Crippen molar-refractivity contribution >= 4 is 86.9 Å². The molecule has 4 heterocycles. The summed E-state index contributed by atoms with van der Waals surface area (Å²) in [6, 6.07) is 60.3. The summed E-state index contributed by atoms with van der Waals surface area (Å²) in [6.45, 7) is 26.5. The topological polar surface area (TPSA) is 68.7 Å². The Kier molecular flexibility index (Phi) is 12.5.